The molecule has 1 aromatic rings. The molecule has 0 aromatic heterocycles. The number of ether oxygens (including phenoxy) is 2. The third-order valence-corrected chi connectivity index (χ3v) is 3.69. The van der Waals surface area contributed by atoms with Crippen LogP contribution < -0.4 is 4.74 Å². The second kappa shape index (κ2) is 6.61. The highest BCUT2D eigenvalue weighted by atomic mass is 16.5. The zero-order valence-corrected chi connectivity index (χ0v) is 12.7. The minimum Gasteiger partial charge on any atom is -0.493 e. The Bertz CT molecular complexity index is 535. The van der Waals surface area contributed by atoms with Crippen LogP contribution in [0.25, 0.3) is 0 Å². The van der Waals surface area contributed by atoms with E-state index in [0.717, 1.165) is 0 Å². The average molecular weight is 291 g/mol. The first-order chi connectivity index (χ1) is 10.0. The highest BCUT2D eigenvalue weighted by Crippen LogP contribution is 2.28. The molecule has 0 radical (unpaired) electrons. The third-order valence-electron chi connectivity index (χ3n) is 3.69. The summed E-state index contributed by atoms with van der Waals surface area (Å²) in [5.74, 6) is 0.473. The summed E-state index contributed by atoms with van der Waals surface area (Å²) in [6, 6.07) is 4.83. The van der Waals surface area contributed by atoms with Crippen molar-refractivity contribution in [1.29, 1.82) is 0 Å². The van der Waals surface area contributed by atoms with Gasteiger partial charge in [-0.25, -0.2) is 4.79 Å². The summed E-state index contributed by atoms with van der Waals surface area (Å²) in [6.45, 7) is 0.625. The molecule has 114 valence electrons. The molecule has 1 amide bonds. The summed E-state index contributed by atoms with van der Waals surface area (Å²) in [5.41, 5.74) is 0.750. The maximum Gasteiger partial charge on any atom is 0.338 e. The first-order valence-electron chi connectivity index (χ1n) is 7.09. The van der Waals surface area contributed by atoms with Crippen molar-refractivity contribution in [1.82, 2.24) is 4.90 Å². The number of carbonyl (C=O) groups excluding carboxylic acids is 2. The Balaban J connectivity index is 2.22. The molecule has 0 unspecified atom stereocenters. The van der Waals surface area contributed by atoms with E-state index in [1.54, 1.807) is 26.2 Å². The van der Waals surface area contributed by atoms with Crippen LogP contribution >= 0.6 is 0 Å². The number of methoxy groups -OCH3 is 1. The minimum atomic E-state index is -0.475. The quantitative estimate of drug-likeness (QED) is 0.781. The molecule has 0 atom stereocenters. The smallest absolute Gasteiger partial charge is 0.338 e. The van der Waals surface area contributed by atoms with Gasteiger partial charge in [0.15, 0.2) is 0 Å². The molecular weight excluding hydrogens is 270 g/mol. The molecule has 2 rings (SSSR count). The number of carbonyl (C=O) groups is 2. The van der Waals surface area contributed by atoms with Gasteiger partial charge in [-0.3, -0.25) is 4.79 Å². The maximum atomic E-state index is 12.1. The van der Waals surface area contributed by atoms with Crippen molar-refractivity contribution in [3.8, 4) is 5.75 Å². The molecule has 5 heteroatoms. The van der Waals surface area contributed by atoms with E-state index < -0.39 is 5.97 Å². The molecule has 0 spiro atoms. The van der Waals surface area contributed by atoms with Crippen molar-refractivity contribution in [2.75, 3.05) is 27.8 Å². The van der Waals surface area contributed by atoms with Crippen molar-refractivity contribution in [3.63, 3.8) is 0 Å². The van der Waals surface area contributed by atoms with E-state index in [2.05, 4.69) is 0 Å². The van der Waals surface area contributed by atoms with Gasteiger partial charge in [0.05, 0.1) is 19.3 Å². The number of amides is 1. The fourth-order valence-corrected chi connectivity index (χ4v) is 2.17. The van der Waals surface area contributed by atoms with Gasteiger partial charge in [-0.2, -0.15) is 0 Å². The summed E-state index contributed by atoms with van der Waals surface area (Å²) < 4.78 is 10.5. The summed E-state index contributed by atoms with van der Waals surface area (Å²) in [5, 5.41) is 0. The summed E-state index contributed by atoms with van der Waals surface area (Å²) in [6.07, 6.45) is 3.61. The highest BCUT2D eigenvalue weighted by Gasteiger charge is 2.19. The topological polar surface area (TPSA) is 55.8 Å². The Morgan fingerprint density at radius 3 is 2.38 bits per heavy atom. The second-order valence-electron chi connectivity index (χ2n) is 5.55. The lowest BCUT2D eigenvalue weighted by Crippen LogP contribution is -2.23. The number of esters is 1. The van der Waals surface area contributed by atoms with E-state index in [0.29, 0.717) is 29.4 Å². The Morgan fingerprint density at radius 1 is 1.19 bits per heavy atom. The van der Waals surface area contributed by atoms with Gasteiger partial charge in [-0.15, -0.1) is 0 Å². The number of nitrogens with zero attached hydrogens (tertiary/aromatic N) is 1. The average Bonchev–Trinajstić information content (AvgIpc) is 2.43. The predicted octanol–water partition coefficient (Wildman–Crippen LogP) is 2.35. The summed E-state index contributed by atoms with van der Waals surface area (Å²) in [7, 11) is 4.65. The van der Waals surface area contributed by atoms with E-state index >= 15 is 0 Å². The van der Waals surface area contributed by atoms with Gasteiger partial charge in [0.1, 0.15) is 5.75 Å². The van der Waals surface area contributed by atoms with Gasteiger partial charge in [-0.05, 0) is 37.0 Å². The Labute approximate surface area is 124 Å². The van der Waals surface area contributed by atoms with Crippen LogP contribution in [-0.2, 0) is 4.74 Å². The van der Waals surface area contributed by atoms with Crippen LogP contribution in [0.3, 0.4) is 0 Å². The molecule has 0 bridgehead atoms. The van der Waals surface area contributed by atoms with Gasteiger partial charge in [0, 0.05) is 19.7 Å². The van der Waals surface area contributed by atoms with Crippen molar-refractivity contribution in [2.45, 2.75) is 19.3 Å². The summed E-state index contributed by atoms with van der Waals surface area (Å²) >= 11 is 0. The van der Waals surface area contributed by atoms with Crippen molar-refractivity contribution >= 4 is 11.9 Å². The molecule has 1 aromatic carbocycles. The highest BCUT2D eigenvalue weighted by molar-refractivity contribution is 5.98. The van der Waals surface area contributed by atoms with Crippen LogP contribution in [-0.4, -0.2) is 44.6 Å². The van der Waals surface area contributed by atoms with Gasteiger partial charge in [-0.1, -0.05) is 6.42 Å². The van der Waals surface area contributed by atoms with Crippen LogP contribution in [0.2, 0.25) is 0 Å². The van der Waals surface area contributed by atoms with Crippen molar-refractivity contribution < 1.29 is 19.1 Å². The SMILES string of the molecule is COC(=O)c1cc(OCC2CCC2)cc(C(=O)N(C)C)c1. The normalized spacial score (nSPS) is 14.2. The molecule has 5 nitrogen and oxygen atoms in total. The van der Waals surface area contributed by atoms with Gasteiger partial charge in [0.25, 0.3) is 5.91 Å². The van der Waals surface area contributed by atoms with E-state index in [9.17, 15) is 9.59 Å². The molecule has 21 heavy (non-hydrogen) atoms. The predicted molar refractivity (Wildman–Crippen MR) is 78.6 cm³/mol. The number of hydrogen-bond donors (Lipinski definition) is 0. The van der Waals surface area contributed by atoms with E-state index in [1.165, 1.54) is 37.3 Å². The molecule has 0 N–H and O–H groups in total. The second-order valence-corrected chi connectivity index (χ2v) is 5.55. The minimum absolute atomic E-state index is 0.172. The molecule has 0 aliphatic heterocycles. The van der Waals surface area contributed by atoms with Crippen LogP contribution in [0.15, 0.2) is 18.2 Å². The maximum absolute atomic E-state index is 12.1. The Hall–Kier alpha value is -2.04. The first kappa shape index (κ1) is 15.4. The van der Waals surface area contributed by atoms with E-state index in [-0.39, 0.29) is 5.91 Å². The van der Waals surface area contributed by atoms with Crippen molar-refractivity contribution in [2.24, 2.45) is 5.92 Å². The van der Waals surface area contributed by atoms with E-state index in [1.807, 2.05) is 0 Å². The number of hydrogen-bond acceptors (Lipinski definition) is 4. The summed E-state index contributed by atoms with van der Waals surface area (Å²) in [4.78, 5) is 25.3. The lowest BCUT2D eigenvalue weighted by atomic mass is 9.86. The fraction of sp³-hybridized carbons (Fsp3) is 0.500. The zero-order chi connectivity index (χ0) is 15.4. The lowest BCUT2D eigenvalue weighted by Gasteiger charge is -2.25. The number of rotatable bonds is 5. The van der Waals surface area contributed by atoms with Crippen molar-refractivity contribution in [3.05, 3.63) is 29.3 Å². The van der Waals surface area contributed by atoms with Crippen LogP contribution in [0.5, 0.6) is 5.75 Å². The number of benzene rings is 1. The molecule has 1 saturated carbocycles. The third kappa shape index (κ3) is 3.74. The molecule has 1 aliphatic carbocycles. The Morgan fingerprint density at radius 2 is 1.86 bits per heavy atom. The fourth-order valence-electron chi connectivity index (χ4n) is 2.17. The van der Waals surface area contributed by atoms with Crippen LogP contribution in [0, 0.1) is 5.92 Å². The van der Waals surface area contributed by atoms with Gasteiger partial charge < -0.3 is 14.4 Å². The molecule has 1 fully saturated rings. The van der Waals surface area contributed by atoms with E-state index in [4.69, 9.17) is 9.47 Å². The monoisotopic (exact) mass is 291 g/mol. The van der Waals surface area contributed by atoms with Crippen LogP contribution in [0.1, 0.15) is 40.0 Å². The molecular formula is C16H21NO4. The molecule has 0 heterocycles. The lowest BCUT2D eigenvalue weighted by molar-refractivity contribution is 0.0600. The zero-order valence-electron chi connectivity index (χ0n) is 12.7. The first-order valence-corrected chi connectivity index (χ1v) is 7.09. The standard InChI is InChI=1S/C16H21NO4/c1-17(2)15(18)12-7-13(16(19)20-3)9-14(8-12)21-10-11-5-4-6-11/h7-9,11H,4-6,10H2,1-3H3. The Kier molecular flexibility index (Phi) is 4.83. The van der Waals surface area contributed by atoms with Gasteiger partial charge >= 0.3 is 5.97 Å². The van der Waals surface area contributed by atoms with Crippen LogP contribution in [0.4, 0.5) is 0 Å². The van der Waals surface area contributed by atoms with Gasteiger partial charge in [0.2, 0.25) is 0 Å². The largest absolute Gasteiger partial charge is 0.493 e. The molecule has 0 saturated heterocycles. The molecule has 1 aliphatic rings.